The topological polar surface area (TPSA) is 130 Å². The molecule has 202 valence electrons. The number of furan rings is 1. The quantitative estimate of drug-likeness (QED) is 0.131. The van der Waals surface area contributed by atoms with Gasteiger partial charge in [-0.3, -0.25) is 19.7 Å². The van der Waals surface area contributed by atoms with Crippen molar-refractivity contribution in [3.8, 4) is 11.3 Å². The molecule has 4 rings (SSSR count). The minimum atomic E-state index is -0.629. The van der Waals surface area contributed by atoms with Gasteiger partial charge in [-0.1, -0.05) is 30.3 Å². The number of nitro benzene ring substituents is 1. The maximum atomic E-state index is 13.0. The van der Waals surface area contributed by atoms with Gasteiger partial charge < -0.3 is 14.6 Å². The Labute approximate surface area is 230 Å². The Morgan fingerprint density at radius 2 is 1.70 bits per heavy atom. The number of nitro groups is 1. The van der Waals surface area contributed by atoms with Gasteiger partial charge in [0.25, 0.3) is 17.5 Å². The zero-order chi connectivity index (χ0) is 28.6. The molecule has 2 amide bonds. The van der Waals surface area contributed by atoms with Gasteiger partial charge in [0.1, 0.15) is 17.2 Å². The fourth-order valence-electron chi connectivity index (χ4n) is 3.80. The van der Waals surface area contributed by atoms with Crippen molar-refractivity contribution in [1.82, 2.24) is 10.7 Å². The minimum absolute atomic E-state index is 0.00486. The standard InChI is InChI=1S/C30H27N5O5/c1-20-17-24(35(38)39)13-15-26(20)28-16-14-25(40-28)19-31-33-30(37)27(32-29(36)22-7-5-4-6-8-22)18-21-9-11-23(12-10-21)34(2)3/h4-19H,1-3H3,(H,32,36)(H,33,37). The Kier molecular flexibility index (Phi) is 8.50. The third-order valence-electron chi connectivity index (χ3n) is 5.92. The van der Waals surface area contributed by atoms with Crippen LogP contribution in [0.15, 0.2) is 100 Å². The van der Waals surface area contributed by atoms with E-state index in [0.717, 1.165) is 5.69 Å². The van der Waals surface area contributed by atoms with Crippen LogP contribution in [0.2, 0.25) is 0 Å². The van der Waals surface area contributed by atoms with E-state index in [-0.39, 0.29) is 11.4 Å². The summed E-state index contributed by atoms with van der Waals surface area (Å²) in [6.45, 7) is 1.75. The molecule has 10 heteroatoms. The Bertz CT molecular complexity index is 1590. The van der Waals surface area contributed by atoms with E-state index in [1.807, 2.05) is 43.3 Å². The lowest BCUT2D eigenvalue weighted by molar-refractivity contribution is -0.384. The van der Waals surface area contributed by atoms with Crippen molar-refractivity contribution in [2.45, 2.75) is 6.92 Å². The van der Waals surface area contributed by atoms with Crippen LogP contribution in [-0.4, -0.2) is 37.0 Å². The van der Waals surface area contributed by atoms with Gasteiger partial charge in [-0.2, -0.15) is 5.10 Å². The average Bonchev–Trinajstić information content (AvgIpc) is 3.41. The molecule has 0 spiro atoms. The predicted octanol–water partition coefficient (Wildman–Crippen LogP) is 5.15. The van der Waals surface area contributed by atoms with Crippen molar-refractivity contribution in [3.63, 3.8) is 0 Å². The summed E-state index contributed by atoms with van der Waals surface area (Å²) in [7, 11) is 3.85. The number of amides is 2. The number of nitrogens with zero attached hydrogens (tertiary/aromatic N) is 3. The molecular formula is C30H27N5O5. The van der Waals surface area contributed by atoms with E-state index in [0.29, 0.717) is 33.8 Å². The van der Waals surface area contributed by atoms with Crippen molar-refractivity contribution in [2.75, 3.05) is 19.0 Å². The summed E-state index contributed by atoms with van der Waals surface area (Å²) in [6, 6.07) is 23.9. The van der Waals surface area contributed by atoms with Crippen LogP contribution in [0.25, 0.3) is 17.4 Å². The summed E-state index contributed by atoms with van der Waals surface area (Å²) >= 11 is 0. The minimum Gasteiger partial charge on any atom is -0.455 e. The van der Waals surface area contributed by atoms with E-state index in [1.165, 1.54) is 18.3 Å². The van der Waals surface area contributed by atoms with Crippen LogP contribution in [0.4, 0.5) is 11.4 Å². The number of nitrogens with one attached hydrogen (secondary N) is 2. The van der Waals surface area contributed by atoms with Gasteiger partial charge in [0.05, 0.1) is 11.1 Å². The molecule has 0 aliphatic heterocycles. The highest BCUT2D eigenvalue weighted by molar-refractivity contribution is 6.05. The van der Waals surface area contributed by atoms with Crippen LogP contribution in [0, 0.1) is 17.0 Å². The van der Waals surface area contributed by atoms with E-state index in [2.05, 4.69) is 15.8 Å². The largest absolute Gasteiger partial charge is 0.455 e. The van der Waals surface area contributed by atoms with E-state index in [1.54, 1.807) is 61.5 Å². The number of carbonyl (C=O) groups is 2. The second-order valence-corrected chi connectivity index (χ2v) is 9.02. The first-order valence-electron chi connectivity index (χ1n) is 12.3. The molecule has 0 atom stereocenters. The molecule has 40 heavy (non-hydrogen) atoms. The van der Waals surface area contributed by atoms with Gasteiger partial charge in [-0.05, 0) is 66.6 Å². The van der Waals surface area contributed by atoms with Crippen LogP contribution >= 0.6 is 0 Å². The molecule has 0 radical (unpaired) electrons. The number of aryl methyl sites for hydroxylation is 1. The number of rotatable bonds is 9. The van der Waals surface area contributed by atoms with Gasteiger partial charge in [-0.15, -0.1) is 0 Å². The Morgan fingerprint density at radius 1 is 0.975 bits per heavy atom. The first kappa shape index (κ1) is 27.5. The molecule has 2 N–H and O–H groups in total. The number of carbonyl (C=O) groups excluding carboxylic acids is 2. The van der Waals surface area contributed by atoms with Gasteiger partial charge in [-0.25, -0.2) is 5.43 Å². The Balaban J connectivity index is 1.50. The summed E-state index contributed by atoms with van der Waals surface area (Å²) in [5.74, 6) is -0.219. The molecule has 3 aromatic carbocycles. The summed E-state index contributed by atoms with van der Waals surface area (Å²) in [5.41, 5.74) is 5.90. The second kappa shape index (κ2) is 12.4. The number of hydrazone groups is 1. The van der Waals surface area contributed by atoms with Crippen LogP contribution in [0.1, 0.15) is 27.2 Å². The molecule has 0 bridgehead atoms. The Morgan fingerprint density at radius 3 is 2.35 bits per heavy atom. The fourth-order valence-corrected chi connectivity index (χ4v) is 3.80. The van der Waals surface area contributed by atoms with Gasteiger partial charge in [0, 0.05) is 43.0 Å². The molecule has 10 nitrogen and oxygen atoms in total. The van der Waals surface area contributed by atoms with E-state index >= 15 is 0 Å². The van der Waals surface area contributed by atoms with Crippen LogP contribution in [-0.2, 0) is 4.79 Å². The van der Waals surface area contributed by atoms with Crippen LogP contribution in [0.3, 0.4) is 0 Å². The van der Waals surface area contributed by atoms with Crippen molar-refractivity contribution in [2.24, 2.45) is 5.10 Å². The molecule has 0 saturated heterocycles. The monoisotopic (exact) mass is 537 g/mol. The van der Waals surface area contributed by atoms with Crippen LogP contribution in [0.5, 0.6) is 0 Å². The maximum Gasteiger partial charge on any atom is 0.287 e. The molecule has 1 aromatic heterocycles. The van der Waals surface area contributed by atoms with Crippen molar-refractivity contribution in [1.29, 1.82) is 0 Å². The van der Waals surface area contributed by atoms with E-state index in [4.69, 9.17) is 4.42 Å². The molecule has 0 aliphatic rings. The molecule has 1 heterocycles. The predicted molar refractivity (Wildman–Crippen MR) is 154 cm³/mol. The fraction of sp³-hybridized carbons (Fsp3) is 0.100. The second-order valence-electron chi connectivity index (χ2n) is 9.02. The normalized spacial score (nSPS) is 11.3. The van der Waals surface area contributed by atoms with Gasteiger partial charge >= 0.3 is 0 Å². The summed E-state index contributed by atoms with van der Waals surface area (Å²) in [4.78, 5) is 38.3. The van der Waals surface area contributed by atoms with Crippen molar-refractivity contribution >= 4 is 35.5 Å². The third kappa shape index (κ3) is 6.87. The molecule has 0 unspecified atom stereocenters. The lowest BCUT2D eigenvalue weighted by Crippen LogP contribution is -2.32. The van der Waals surface area contributed by atoms with E-state index < -0.39 is 16.7 Å². The zero-order valence-electron chi connectivity index (χ0n) is 22.1. The Hall–Kier alpha value is -5.51. The number of hydrogen-bond acceptors (Lipinski definition) is 7. The molecule has 0 saturated carbocycles. The lowest BCUT2D eigenvalue weighted by atomic mass is 10.1. The summed E-state index contributed by atoms with van der Waals surface area (Å²) in [6.07, 6.45) is 2.89. The highest BCUT2D eigenvalue weighted by Gasteiger charge is 2.15. The van der Waals surface area contributed by atoms with Gasteiger partial charge in [0.2, 0.25) is 0 Å². The number of anilines is 1. The highest BCUT2D eigenvalue weighted by Crippen LogP contribution is 2.28. The number of non-ortho nitro benzene ring substituents is 1. The maximum absolute atomic E-state index is 13.0. The zero-order valence-corrected chi connectivity index (χ0v) is 22.1. The van der Waals surface area contributed by atoms with Crippen molar-refractivity contribution in [3.05, 3.63) is 123 Å². The molecule has 0 aliphatic carbocycles. The van der Waals surface area contributed by atoms with E-state index in [9.17, 15) is 19.7 Å². The smallest absolute Gasteiger partial charge is 0.287 e. The van der Waals surface area contributed by atoms with Crippen molar-refractivity contribution < 1.29 is 18.9 Å². The molecular weight excluding hydrogens is 510 g/mol. The SMILES string of the molecule is Cc1cc([N+](=O)[O-])ccc1-c1ccc(C=NNC(=O)C(=Cc2ccc(N(C)C)cc2)NC(=O)c2ccccc2)o1. The third-order valence-corrected chi connectivity index (χ3v) is 5.92. The molecule has 0 fully saturated rings. The summed E-state index contributed by atoms with van der Waals surface area (Å²) < 4.78 is 5.78. The highest BCUT2D eigenvalue weighted by atomic mass is 16.6. The first-order valence-corrected chi connectivity index (χ1v) is 12.3. The van der Waals surface area contributed by atoms with Gasteiger partial charge in [0.15, 0.2) is 0 Å². The first-order chi connectivity index (χ1) is 19.2. The molecule has 4 aromatic rings. The average molecular weight is 538 g/mol. The summed E-state index contributed by atoms with van der Waals surface area (Å²) in [5, 5.41) is 17.6. The lowest BCUT2D eigenvalue weighted by Gasteiger charge is -2.12. The number of benzene rings is 3. The number of hydrogen-bond donors (Lipinski definition) is 2. The van der Waals surface area contributed by atoms with Crippen LogP contribution < -0.4 is 15.6 Å².